The van der Waals surface area contributed by atoms with Crippen molar-refractivity contribution in [3.05, 3.63) is 23.8 Å². The van der Waals surface area contributed by atoms with Crippen molar-refractivity contribution in [1.29, 1.82) is 0 Å². The number of nitrogens with two attached hydrogens (primary N) is 1. The van der Waals surface area contributed by atoms with Gasteiger partial charge in [-0.05, 0) is 25.3 Å². The predicted molar refractivity (Wildman–Crippen MR) is 74.0 cm³/mol. The van der Waals surface area contributed by atoms with Gasteiger partial charge in [0, 0.05) is 25.3 Å². The number of hydrogen-bond donors (Lipinski definition) is 2. The molecule has 0 saturated carbocycles. The van der Waals surface area contributed by atoms with E-state index >= 15 is 0 Å². The average Bonchev–Trinajstić information content (AvgIpc) is 2.43. The van der Waals surface area contributed by atoms with Gasteiger partial charge in [-0.1, -0.05) is 6.42 Å². The first-order chi connectivity index (χ1) is 9.87. The maximum absolute atomic E-state index is 13.8. The van der Waals surface area contributed by atoms with Crippen molar-refractivity contribution >= 4 is 15.7 Å². The summed E-state index contributed by atoms with van der Waals surface area (Å²) in [6.07, 6.45) is 2.42. The highest BCUT2D eigenvalue weighted by atomic mass is 32.2. The second kappa shape index (κ2) is 6.25. The largest absolute Gasteiger partial charge is 0.396 e. The topological polar surface area (TPSA) is 83.6 Å². The number of anilines is 1. The number of rotatable bonds is 4. The van der Waals surface area contributed by atoms with Crippen LogP contribution >= 0.6 is 0 Å². The van der Waals surface area contributed by atoms with Gasteiger partial charge in [-0.25, -0.2) is 17.2 Å². The highest BCUT2D eigenvalue weighted by Crippen LogP contribution is 2.30. The fourth-order valence-corrected chi connectivity index (χ4v) is 4.40. The van der Waals surface area contributed by atoms with Crippen LogP contribution in [0.2, 0.25) is 0 Å². The Morgan fingerprint density at radius 3 is 2.67 bits per heavy atom. The van der Waals surface area contributed by atoms with Gasteiger partial charge < -0.3 is 10.8 Å². The molecule has 1 saturated heterocycles. The lowest BCUT2D eigenvalue weighted by Crippen LogP contribution is -2.44. The quantitative estimate of drug-likeness (QED) is 0.823. The van der Waals surface area contributed by atoms with E-state index in [9.17, 15) is 17.2 Å². The van der Waals surface area contributed by atoms with E-state index in [1.165, 1.54) is 4.31 Å². The number of aliphatic hydroxyl groups excluding tert-OH is 1. The average molecular weight is 320 g/mol. The second-order valence-corrected chi connectivity index (χ2v) is 6.94. The van der Waals surface area contributed by atoms with E-state index in [2.05, 4.69) is 0 Å². The molecule has 0 spiro atoms. The molecule has 1 heterocycles. The number of hydrogen-bond acceptors (Lipinski definition) is 4. The van der Waals surface area contributed by atoms with E-state index in [0.29, 0.717) is 18.9 Å². The number of benzene rings is 1. The van der Waals surface area contributed by atoms with Gasteiger partial charge in [-0.2, -0.15) is 4.31 Å². The monoisotopic (exact) mass is 320 g/mol. The van der Waals surface area contributed by atoms with E-state index < -0.39 is 32.2 Å². The van der Waals surface area contributed by atoms with E-state index in [1.54, 1.807) is 0 Å². The molecule has 2 rings (SSSR count). The van der Waals surface area contributed by atoms with Crippen LogP contribution in [0.4, 0.5) is 14.5 Å². The van der Waals surface area contributed by atoms with Crippen LogP contribution in [0.5, 0.6) is 0 Å². The normalized spacial score (nSPS) is 20.6. The SMILES string of the molecule is Nc1cc(S(=O)(=O)N2CCCCC2CCO)c(F)cc1F. The van der Waals surface area contributed by atoms with Crippen molar-refractivity contribution in [3.8, 4) is 0 Å². The van der Waals surface area contributed by atoms with Crippen LogP contribution in [0.25, 0.3) is 0 Å². The van der Waals surface area contributed by atoms with Gasteiger partial charge in [0.1, 0.15) is 16.5 Å². The first-order valence-corrected chi connectivity index (χ1v) is 8.19. The van der Waals surface area contributed by atoms with Gasteiger partial charge in [0.25, 0.3) is 0 Å². The van der Waals surface area contributed by atoms with Crippen molar-refractivity contribution in [1.82, 2.24) is 4.31 Å². The van der Waals surface area contributed by atoms with E-state index in [0.717, 1.165) is 12.5 Å². The minimum absolute atomic E-state index is 0.148. The molecule has 21 heavy (non-hydrogen) atoms. The third-order valence-electron chi connectivity index (χ3n) is 3.67. The minimum atomic E-state index is -4.10. The maximum Gasteiger partial charge on any atom is 0.246 e. The molecule has 1 aromatic rings. The fourth-order valence-electron chi connectivity index (χ4n) is 2.60. The highest BCUT2D eigenvalue weighted by Gasteiger charge is 2.35. The molecule has 1 unspecified atom stereocenters. The van der Waals surface area contributed by atoms with Crippen LogP contribution in [0.15, 0.2) is 17.0 Å². The predicted octanol–water partition coefficient (Wildman–Crippen LogP) is 1.47. The van der Waals surface area contributed by atoms with Gasteiger partial charge >= 0.3 is 0 Å². The summed E-state index contributed by atoms with van der Waals surface area (Å²) in [7, 11) is -4.10. The van der Waals surface area contributed by atoms with Crippen LogP contribution in [-0.2, 0) is 10.0 Å². The van der Waals surface area contributed by atoms with Gasteiger partial charge in [0.05, 0.1) is 5.69 Å². The molecule has 0 aromatic heterocycles. The number of nitrogen functional groups attached to an aromatic ring is 1. The summed E-state index contributed by atoms with van der Waals surface area (Å²) in [4.78, 5) is -0.619. The molecule has 3 N–H and O–H groups in total. The first-order valence-electron chi connectivity index (χ1n) is 6.75. The van der Waals surface area contributed by atoms with Crippen LogP contribution in [0, 0.1) is 11.6 Å². The summed E-state index contributed by atoms with van der Waals surface area (Å²) in [5.41, 5.74) is 4.93. The Labute approximate surface area is 122 Å². The van der Waals surface area contributed by atoms with E-state index in [1.807, 2.05) is 0 Å². The molecule has 8 heteroatoms. The molecular formula is C13H18F2N2O3S. The van der Waals surface area contributed by atoms with Crippen molar-refractivity contribution in [2.24, 2.45) is 0 Å². The van der Waals surface area contributed by atoms with Crippen molar-refractivity contribution < 1.29 is 22.3 Å². The summed E-state index contributed by atoms with van der Waals surface area (Å²) in [6, 6.07) is 0.914. The molecule has 1 atom stereocenters. The van der Waals surface area contributed by atoms with Crippen LogP contribution < -0.4 is 5.73 Å². The summed E-state index contributed by atoms with van der Waals surface area (Å²) in [5, 5.41) is 9.04. The molecule has 5 nitrogen and oxygen atoms in total. The third-order valence-corrected chi connectivity index (χ3v) is 5.64. The Morgan fingerprint density at radius 2 is 2.00 bits per heavy atom. The van der Waals surface area contributed by atoms with Gasteiger partial charge in [0.2, 0.25) is 10.0 Å². The highest BCUT2D eigenvalue weighted by molar-refractivity contribution is 7.89. The van der Waals surface area contributed by atoms with Crippen LogP contribution in [0.3, 0.4) is 0 Å². The lowest BCUT2D eigenvalue weighted by Gasteiger charge is -2.34. The zero-order valence-electron chi connectivity index (χ0n) is 11.4. The molecule has 1 aliphatic heterocycles. The molecule has 1 aromatic carbocycles. The second-order valence-electron chi connectivity index (χ2n) is 5.08. The number of aliphatic hydroxyl groups is 1. The summed E-state index contributed by atoms with van der Waals surface area (Å²) in [6.45, 7) is 0.106. The zero-order chi connectivity index (χ0) is 15.6. The number of sulfonamides is 1. The molecule has 118 valence electrons. The summed E-state index contributed by atoms with van der Waals surface area (Å²) in [5.74, 6) is -2.15. The lowest BCUT2D eigenvalue weighted by molar-refractivity contribution is 0.192. The van der Waals surface area contributed by atoms with Crippen LogP contribution in [-0.4, -0.2) is 37.0 Å². The molecule has 0 aliphatic carbocycles. The Morgan fingerprint density at radius 1 is 1.29 bits per heavy atom. The fraction of sp³-hybridized carbons (Fsp3) is 0.538. The van der Waals surface area contributed by atoms with Gasteiger partial charge in [-0.3, -0.25) is 0 Å². The molecule has 0 radical (unpaired) electrons. The molecule has 0 bridgehead atoms. The smallest absolute Gasteiger partial charge is 0.246 e. The Balaban J connectivity index is 2.43. The molecule has 0 amide bonds. The standard InChI is InChI=1S/C13H18F2N2O3S/c14-10-7-11(15)13(8-12(10)16)21(19,20)17-5-2-1-3-9(17)4-6-18/h7-9,18H,1-6,16H2. The van der Waals surface area contributed by atoms with Crippen molar-refractivity contribution in [2.75, 3.05) is 18.9 Å². The first kappa shape index (κ1) is 16.1. The maximum atomic E-state index is 13.8. The van der Waals surface area contributed by atoms with Gasteiger partial charge in [0.15, 0.2) is 0 Å². The number of halogens is 2. The van der Waals surface area contributed by atoms with Crippen molar-refractivity contribution in [3.63, 3.8) is 0 Å². The third kappa shape index (κ3) is 3.17. The minimum Gasteiger partial charge on any atom is -0.396 e. The number of piperidine rings is 1. The van der Waals surface area contributed by atoms with Crippen molar-refractivity contribution in [2.45, 2.75) is 36.6 Å². The molecule has 1 fully saturated rings. The van der Waals surface area contributed by atoms with Crippen LogP contribution in [0.1, 0.15) is 25.7 Å². The summed E-state index contributed by atoms with van der Waals surface area (Å²) >= 11 is 0. The Kier molecular flexibility index (Phi) is 4.80. The number of nitrogens with zero attached hydrogens (tertiary/aromatic N) is 1. The van der Waals surface area contributed by atoms with Gasteiger partial charge in [-0.15, -0.1) is 0 Å². The summed E-state index contributed by atoms with van der Waals surface area (Å²) < 4.78 is 53.4. The zero-order valence-corrected chi connectivity index (χ0v) is 12.2. The Hall–Kier alpha value is -1.25. The van der Waals surface area contributed by atoms with E-state index in [-0.39, 0.29) is 25.6 Å². The van der Waals surface area contributed by atoms with E-state index in [4.69, 9.17) is 10.8 Å². The lowest BCUT2D eigenvalue weighted by atomic mass is 10.0. The Bertz CT molecular complexity index is 620. The molecule has 1 aliphatic rings. The molecular weight excluding hydrogens is 302 g/mol.